The van der Waals surface area contributed by atoms with Crippen molar-refractivity contribution in [3.05, 3.63) is 70.6 Å². The fourth-order valence-corrected chi connectivity index (χ4v) is 4.13. The van der Waals surface area contributed by atoms with E-state index in [0.29, 0.717) is 17.8 Å². The Morgan fingerprint density at radius 1 is 1.26 bits per heavy atom. The molecule has 2 heterocycles. The lowest BCUT2D eigenvalue weighted by atomic mass is 9.87. The lowest BCUT2D eigenvalue weighted by Gasteiger charge is -2.26. The van der Waals surface area contributed by atoms with Crippen LogP contribution >= 0.6 is 0 Å². The molecule has 3 aliphatic rings. The monoisotopic (exact) mass is 463 g/mol. The van der Waals surface area contributed by atoms with Crippen LogP contribution in [0.1, 0.15) is 39.5 Å². The van der Waals surface area contributed by atoms with Crippen LogP contribution in [-0.2, 0) is 4.74 Å². The number of methoxy groups -OCH3 is 1. The fraction of sp³-hybridized carbons (Fsp3) is 0.423. The quantitative estimate of drug-likeness (QED) is 0.230. The number of nitrogens with two attached hydrogens (primary N) is 1. The number of hydrogen-bond donors (Lipinski definition) is 6. The third-order valence-electron chi connectivity index (χ3n) is 6.31. The Balaban J connectivity index is 1.59. The molecule has 0 bridgehead atoms. The van der Waals surface area contributed by atoms with Crippen LogP contribution in [-0.4, -0.2) is 38.0 Å². The van der Waals surface area contributed by atoms with Gasteiger partial charge in [0.1, 0.15) is 11.7 Å². The zero-order valence-electron chi connectivity index (χ0n) is 20.3. The number of allylic oxidation sites excluding steroid dienone is 6. The lowest BCUT2D eigenvalue weighted by molar-refractivity contribution is 0.0581. The Morgan fingerprint density at radius 2 is 2.03 bits per heavy atom. The van der Waals surface area contributed by atoms with Gasteiger partial charge in [-0.15, -0.1) is 0 Å². The van der Waals surface area contributed by atoms with Gasteiger partial charge in [0.05, 0.1) is 17.5 Å². The van der Waals surface area contributed by atoms with Gasteiger partial charge in [0, 0.05) is 49.6 Å². The van der Waals surface area contributed by atoms with E-state index >= 15 is 0 Å². The fourth-order valence-electron chi connectivity index (χ4n) is 4.13. The Kier molecular flexibility index (Phi) is 9.04. The van der Waals surface area contributed by atoms with Crippen LogP contribution in [0.25, 0.3) is 0 Å². The van der Waals surface area contributed by atoms with E-state index in [1.165, 1.54) is 6.21 Å². The van der Waals surface area contributed by atoms with Crippen molar-refractivity contribution in [3.8, 4) is 0 Å². The summed E-state index contributed by atoms with van der Waals surface area (Å²) in [6, 6.07) is 0. The minimum atomic E-state index is 0.181. The molecule has 182 valence electrons. The molecular weight excluding hydrogens is 426 g/mol. The van der Waals surface area contributed by atoms with Gasteiger partial charge in [-0.2, -0.15) is 0 Å². The first-order valence-corrected chi connectivity index (χ1v) is 11.8. The van der Waals surface area contributed by atoms with E-state index in [4.69, 9.17) is 21.3 Å². The van der Waals surface area contributed by atoms with Gasteiger partial charge in [-0.3, -0.25) is 10.4 Å². The molecule has 1 saturated carbocycles. The van der Waals surface area contributed by atoms with Crippen molar-refractivity contribution in [2.75, 3.05) is 13.7 Å². The largest absolute Gasteiger partial charge is 0.404 e. The second-order valence-electron chi connectivity index (χ2n) is 9.06. The van der Waals surface area contributed by atoms with Crippen LogP contribution in [0, 0.1) is 22.7 Å². The molecule has 1 aliphatic carbocycles. The molecular formula is C26H37N7O. The Bertz CT molecular complexity index is 987. The van der Waals surface area contributed by atoms with Crippen LogP contribution < -0.4 is 21.7 Å². The summed E-state index contributed by atoms with van der Waals surface area (Å²) in [5.74, 6) is 1.68. The third kappa shape index (κ3) is 6.81. The summed E-state index contributed by atoms with van der Waals surface area (Å²) < 4.78 is 5.45. The summed E-state index contributed by atoms with van der Waals surface area (Å²) in [5, 5.41) is 25.4. The highest BCUT2D eigenvalue weighted by Crippen LogP contribution is 2.26. The SMILES string of the molecule is COC1CCC(CN=CC(=CN)C2=CNC3=CC=C(NC(=N)C=C(C=N)C(C)C)NC3=C2)CC1. The number of hydrogen-bond acceptors (Lipinski definition) is 7. The number of ether oxygens (including phenoxy) is 1. The van der Waals surface area contributed by atoms with E-state index in [1.807, 2.05) is 44.5 Å². The van der Waals surface area contributed by atoms with Gasteiger partial charge in [0.25, 0.3) is 0 Å². The zero-order chi connectivity index (χ0) is 24.5. The highest BCUT2D eigenvalue weighted by Gasteiger charge is 2.20. The molecule has 0 amide bonds. The summed E-state index contributed by atoms with van der Waals surface area (Å²) in [7, 11) is 1.79. The number of amidine groups is 1. The minimum absolute atomic E-state index is 0.181. The van der Waals surface area contributed by atoms with E-state index in [0.717, 1.165) is 60.3 Å². The van der Waals surface area contributed by atoms with Gasteiger partial charge in [-0.25, -0.2) is 0 Å². The smallest absolute Gasteiger partial charge is 0.123 e. The van der Waals surface area contributed by atoms with Crippen molar-refractivity contribution >= 4 is 18.3 Å². The van der Waals surface area contributed by atoms with Crippen molar-refractivity contribution in [1.29, 1.82) is 10.8 Å². The molecule has 3 rings (SSSR count). The lowest BCUT2D eigenvalue weighted by Crippen LogP contribution is -2.34. The van der Waals surface area contributed by atoms with Crippen LogP contribution in [0.4, 0.5) is 0 Å². The normalized spacial score (nSPS) is 23.2. The first kappa shape index (κ1) is 25.2. The standard InChI is InChI=1S/C26H37N7O/c1-17(2)19(12-27)11-25(29)33-26-9-8-23-24(32-26)10-20(16-31-23)21(13-28)15-30-14-18-4-6-22(34-3)7-5-18/h8-13,15-18,22,27,31-32H,4-7,14,28H2,1-3H3,(H2,29,33). The zero-order valence-corrected chi connectivity index (χ0v) is 20.3. The van der Waals surface area contributed by atoms with Gasteiger partial charge < -0.3 is 31.8 Å². The number of fused-ring (bicyclic) bond motifs is 1. The predicted molar refractivity (Wildman–Crippen MR) is 140 cm³/mol. The maximum absolute atomic E-state index is 8.22. The topological polar surface area (TPSA) is 131 Å². The molecule has 0 atom stereocenters. The summed E-state index contributed by atoms with van der Waals surface area (Å²) in [5.41, 5.74) is 10.3. The first-order chi connectivity index (χ1) is 16.4. The number of rotatable bonds is 9. The molecule has 8 heteroatoms. The molecule has 0 radical (unpaired) electrons. The first-order valence-electron chi connectivity index (χ1n) is 11.8. The van der Waals surface area contributed by atoms with Gasteiger partial charge in [-0.1, -0.05) is 13.8 Å². The van der Waals surface area contributed by atoms with Gasteiger partial charge in [-0.05, 0) is 67.4 Å². The Hall–Kier alpha value is -3.39. The molecule has 0 spiro atoms. The van der Waals surface area contributed by atoms with Crippen LogP contribution in [0.3, 0.4) is 0 Å². The van der Waals surface area contributed by atoms with Crippen molar-refractivity contribution in [2.24, 2.45) is 22.6 Å². The van der Waals surface area contributed by atoms with E-state index in [1.54, 1.807) is 19.4 Å². The molecule has 0 aromatic carbocycles. The molecule has 34 heavy (non-hydrogen) atoms. The van der Waals surface area contributed by atoms with Crippen molar-refractivity contribution in [2.45, 2.75) is 45.6 Å². The Labute approximate surface area is 202 Å². The number of nitrogens with zero attached hydrogens (tertiary/aromatic N) is 1. The number of dihydropyridines is 2. The van der Waals surface area contributed by atoms with Crippen LogP contribution in [0.2, 0.25) is 0 Å². The molecule has 0 unspecified atom stereocenters. The van der Waals surface area contributed by atoms with Gasteiger partial charge >= 0.3 is 0 Å². The van der Waals surface area contributed by atoms with E-state index in [2.05, 4.69) is 20.9 Å². The summed E-state index contributed by atoms with van der Waals surface area (Å²) >= 11 is 0. The second-order valence-corrected chi connectivity index (χ2v) is 9.06. The van der Waals surface area contributed by atoms with Crippen molar-refractivity contribution in [1.82, 2.24) is 16.0 Å². The van der Waals surface area contributed by atoms with E-state index in [9.17, 15) is 0 Å². The average molecular weight is 464 g/mol. The summed E-state index contributed by atoms with van der Waals surface area (Å²) in [4.78, 5) is 4.68. The minimum Gasteiger partial charge on any atom is -0.404 e. The molecule has 1 fully saturated rings. The Morgan fingerprint density at radius 3 is 2.68 bits per heavy atom. The maximum atomic E-state index is 8.22. The van der Waals surface area contributed by atoms with Crippen molar-refractivity contribution in [3.63, 3.8) is 0 Å². The second kappa shape index (κ2) is 12.2. The number of aliphatic imine (C=N–C) groups is 1. The maximum Gasteiger partial charge on any atom is 0.123 e. The third-order valence-corrected chi connectivity index (χ3v) is 6.31. The van der Waals surface area contributed by atoms with Gasteiger partial charge in [0.2, 0.25) is 0 Å². The molecule has 0 aromatic heterocycles. The van der Waals surface area contributed by atoms with E-state index < -0.39 is 0 Å². The number of nitrogens with one attached hydrogen (secondary N) is 5. The van der Waals surface area contributed by atoms with Gasteiger partial charge in [0.15, 0.2) is 0 Å². The van der Waals surface area contributed by atoms with Crippen LogP contribution in [0.15, 0.2) is 75.6 Å². The summed E-state index contributed by atoms with van der Waals surface area (Å²) in [6.07, 6.45) is 19.1. The molecule has 0 aromatic rings. The van der Waals surface area contributed by atoms with E-state index in [-0.39, 0.29) is 11.8 Å². The van der Waals surface area contributed by atoms with Crippen molar-refractivity contribution < 1.29 is 4.74 Å². The molecule has 0 saturated heterocycles. The molecule has 8 nitrogen and oxygen atoms in total. The van der Waals surface area contributed by atoms with Crippen LogP contribution in [0.5, 0.6) is 0 Å². The molecule has 7 N–H and O–H groups in total. The molecule has 2 aliphatic heterocycles. The predicted octanol–water partition coefficient (Wildman–Crippen LogP) is 3.60. The average Bonchev–Trinajstić information content (AvgIpc) is 2.85. The summed E-state index contributed by atoms with van der Waals surface area (Å²) in [6.45, 7) is 4.80. The highest BCUT2D eigenvalue weighted by molar-refractivity contribution is 5.97. The highest BCUT2D eigenvalue weighted by atomic mass is 16.5.